The van der Waals surface area contributed by atoms with Crippen LogP contribution in [0.4, 0.5) is 49.8 Å². The minimum Gasteiger partial charge on any atom is -0.478 e. The smallest absolute Gasteiger partial charge is 0.412 e. The van der Waals surface area contributed by atoms with E-state index < -0.39 is 29.4 Å². The van der Waals surface area contributed by atoms with Gasteiger partial charge in [-0.1, -0.05) is 18.2 Å². The number of aromatic carboxylic acids is 1. The highest BCUT2D eigenvalue weighted by Crippen LogP contribution is 2.31. The summed E-state index contributed by atoms with van der Waals surface area (Å²) in [4.78, 5) is 99.8. The van der Waals surface area contributed by atoms with Gasteiger partial charge in [-0.25, -0.2) is 29.3 Å². The van der Waals surface area contributed by atoms with Crippen LogP contribution < -0.4 is 36.8 Å². The lowest BCUT2D eigenvalue weighted by Crippen LogP contribution is -2.44. The topological polar surface area (TPSA) is 297 Å². The van der Waals surface area contributed by atoms with Crippen molar-refractivity contribution in [2.24, 2.45) is 0 Å². The van der Waals surface area contributed by atoms with Gasteiger partial charge in [-0.15, -0.1) is 0 Å². The maximum absolute atomic E-state index is 13.2. The number of aromatic nitrogens is 6. The van der Waals surface area contributed by atoms with Crippen LogP contribution in [0, 0.1) is 0 Å². The molecule has 0 bridgehead atoms. The van der Waals surface area contributed by atoms with Gasteiger partial charge in [-0.3, -0.25) is 35.2 Å². The second-order valence-corrected chi connectivity index (χ2v) is 27.1. The van der Waals surface area contributed by atoms with Crippen LogP contribution in [-0.2, 0) is 22.3 Å². The van der Waals surface area contributed by atoms with Gasteiger partial charge in [-0.05, 0) is 216 Å². The van der Waals surface area contributed by atoms with Crippen LogP contribution in [0.15, 0.2) is 183 Å². The van der Waals surface area contributed by atoms with E-state index in [2.05, 4.69) is 91.1 Å². The van der Waals surface area contributed by atoms with Gasteiger partial charge >= 0.3 is 18.2 Å². The molecule has 532 valence electrons. The van der Waals surface area contributed by atoms with Gasteiger partial charge in [0, 0.05) is 170 Å². The van der Waals surface area contributed by atoms with Crippen molar-refractivity contribution in [1.29, 1.82) is 0 Å². The van der Waals surface area contributed by atoms with Gasteiger partial charge in [-0.2, -0.15) is 0 Å². The first-order valence-electron chi connectivity index (χ1n) is 33.9. The van der Waals surface area contributed by atoms with E-state index in [1.165, 1.54) is 6.20 Å². The molecule has 3 fully saturated rings. The number of benzene rings is 3. The predicted octanol–water partition coefficient (Wildman–Crippen LogP) is 11.8. The molecule has 24 nitrogen and oxygen atoms in total. The maximum Gasteiger partial charge on any atom is 0.412 e. The number of amides is 2. The molecule has 9 aromatic rings. The summed E-state index contributed by atoms with van der Waals surface area (Å²) in [7, 11) is 6.34. The highest BCUT2D eigenvalue weighted by Gasteiger charge is 2.23. The van der Waals surface area contributed by atoms with E-state index in [0.717, 1.165) is 135 Å². The molecule has 0 spiro atoms. The number of carbonyl (C=O) groups excluding carboxylic acids is 4. The summed E-state index contributed by atoms with van der Waals surface area (Å²) in [5, 5.41) is 14.2. The summed E-state index contributed by atoms with van der Waals surface area (Å²) in [5.41, 5.74) is 22.0. The molecule has 3 saturated heterocycles. The summed E-state index contributed by atoms with van der Waals surface area (Å²) < 4.78 is 10.6. The molecule has 0 unspecified atom stereocenters. The lowest BCUT2D eigenvalue weighted by atomic mass is 9.97. The number of anilines is 7. The molecule has 2 amide bonds. The molecule has 24 heteroatoms. The van der Waals surface area contributed by atoms with Gasteiger partial charge in [0.2, 0.25) is 0 Å². The van der Waals surface area contributed by atoms with Crippen molar-refractivity contribution >= 4 is 69.9 Å². The molecule has 0 saturated carbocycles. The summed E-state index contributed by atoms with van der Waals surface area (Å²) >= 11 is 0. The predicted molar refractivity (Wildman–Crippen MR) is 402 cm³/mol. The lowest BCUT2D eigenvalue weighted by Gasteiger charge is -2.33. The van der Waals surface area contributed by atoms with Gasteiger partial charge in [0.05, 0.1) is 16.9 Å². The first kappa shape index (κ1) is 75.0. The largest absolute Gasteiger partial charge is 0.478 e. The third-order valence-electron chi connectivity index (χ3n) is 16.9. The Labute approximate surface area is 596 Å². The minimum atomic E-state index is -0.933. The van der Waals surface area contributed by atoms with Crippen LogP contribution in [0.5, 0.6) is 0 Å². The van der Waals surface area contributed by atoms with E-state index in [0.29, 0.717) is 39.4 Å². The molecule has 12 rings (SSSR count). The van der Waals surface area contributed by atoms with E-state index in [1.807, 2.05) is 145 Å². The lowest BCUT2D eigenvalue weighted by molar-refractivity contribution is 0.0624. The van der Waals surface area contributed by atoms with E-state index in [9.17, 15) is 24.0 Å². The zero-order valence-corrected chi connectivity index (χ0v) is 59.5. The van der Waals surface area contributed by atoms with Crippen molar-refractivity contribution in [2.45, 2.75) is 65.6 Å². The van der Waals surface area contributed by atoms with Crippen molar-refractivity contribution in [2.75, 3.05) is 136 Å². The molecule has 3 aliphatic heterocycles. The van der Waals surface area contributed by atoms with Crippen LogP contribution >= 0.6 is 0 Å². The molecular weight excluding hydrogens is 1290 g/mol. The second kappa shape index (κ2) is 35.2. The van der Waals surface area contributed by atoms with Gasteiger partial charge < -0.3 is 55.4 Å². The molecule has 3 aromatic carbocycles. The Morgan fingerprint density at radius 2 is 0.735 bits per heavy atom. The summed E-state index contributed by atoms with van der Waals surface area (Å²) in [6.45, 7) is 22.5. The number of rotatable bonds is 15. The van der Waals surface area contributed by atoms with Crippen molar-refractivity contribution in [3.63, 3.8) is 0 Å². The van der Waals surface area contributed by atoms with E-state index in [4.69, 9.17) is 26.0 Å². The van der Waals surface area contributed by atoms with Crippen LogP contribution in [-0.4, -0.2) is 190 Å². The number of piperazine rings is 3. The number of hydrogen-bond acceptors (Lipinski definition) is 21. The first-order valence-corrected chi connectivity index (χ1v) is 33.9. The zero-order valence-electron chi connectivity index (χ0n) is 59.5. The number of ketones is 2. The fourth-order valence-electron chi connectivity index (χ4n) is 11.1. The first-order chi connectivity index (χ1) is 48.8. The average molecular weight is 1380 g/mol. The number of pyridine rings is 6. The average Bonchev–Trinajstić information content (AvgIpc) is 0.834. The highest BCUT2D eigenvalue weighted by atomic mass is 16.6. The molecule has 0 radical (unpaired) electrons. The number of Topliss-reactive ketones (excluding diaryl/α,β-unsaturated/α-hetero) is 2. The number of carboxylic acids is 1. The van der Waals surface area contributed by atoms with E-state index in [-0.39, 0.29) is 30.0 Å². The van der Waals surface area contributed by atoms with Gasteiger partial charge in [0.25, 0.3) is 0 Å². The highest BCUT2D eigenvalue weighted by molar-refractivity contribution is 6.00. The minimum absolute atomic E-state index is 0.0148. The van der Waals surface area contributed by atoms with E-state index >= 15 is 0 Å². The number of hydrogen-bond donors (Lipinski definition) is 5. The molecule has 0 aliphatic carbocycles. The number of nitrogens with zero attached hydrogens (tertiary/aromatic N) is 12. The summed E-state index contributed by atoms with van der Waals surface area (Å²) in [5.74, 6) is 1.67. The number of ether oxygens (including phenoxy) is 2. The Morgan fingerprint density at radius 3 is 1.09 bits per heavy atom. The summed E-state index contributed by atoms with van der Waals surface area (Å²) in [6.07, 6.45) is 14.4. The van der Waals surface area contributed by atoms with Crippen molar-refractivity contribution in [3.8, 4) is 33.4 Å². The Hall–Kier alpha value is -11.2. The monoisotopic (exact) mass is 1380 g/mol. The molecule has 7 N–H and O–H groups in total. The van der Waals surface area contributed by atoms with Crippen molar-refractivity contribution < 1.29 is 38.6 Å². The number of likely N-dealkylation sites (N-methyl/N-ethyl adjacent to an activating group) is 3. The molecular formula is C78H92N16O8. The maximum atomic E-state index is 13.2. The molecule has 102 heavy (non-hydrogen) atoms. The summed E-state index contributed by atoms with van der Waals surface area (Å²) in [6, 6.07) is 39.3. The SMILES string of the molecule is CC(C)(C)OC(=O)Nc1ccc(-c2ccncc2)cc1N.CN1CCN(c2ccc(C(=O)Cc3cc(-c4ccncc4)ccc3N)cn2)CC1.CN1CCN(c2ccc(C(=O)Cc3cc(-c4ccncc4)ccc3NC(=O)OC(C)(C)C)cn2)CC1.CN1CCN(c2ccc(C(=O)O)cn2)CC1. The van der Waals surface area contributed by atoms with Crippen molar-refractivity contribution in [1.82, 2.24) is 44.6 Å². The quantitative estimate of drug-likeness (QED) is 0.0470. The number of carbonyl (C=O) groups is 5. The number of carboxylic acid groups (broad SMARTS) is 1. The van der Waals surface area contributed by atoms with Crippen LogP contribution in [0.25, 0.3) is 33.4 Å². The van der Waals surface area contributed by atoms with Gasteiger partial charge in [0.15, 0.2) is 11.6 Å². The second-order valence-electron chi connectivity index (χ2n) is 27.1. The number of nitrogen functional groups attached to an aromatic ring is 2. The van der Waals surface area contributed by atoms with E-state index in [1.54, 1.807) is 73.8 Å². The molecule has 6 aromatic heterocycles. The van der Waals surface area contributed by atoms with Crippen LogP contribution in [0.2, 0.25) is 0 Å². The Balaban J connectivity index is 0.000000165. The molecule has 0 atom stereocenters. The third-order valence-corrected chi connectivity index (χ3v) is 16.9. The Morgan fingerprint density at radius 1 is 0.402 bits per heavy atom. The molecule has 9 heterocycles. The third kappa shape index (κ3) is 22.7. The fourth-order valence-corrected chi connectivity index (χ4v) is 11.1. The van der Waals surface area contributed by atoms with Crippen LogP contribution in [0.1, 0.15) is 83.7 Å². The van der Waals surface area contributed by atoms with Crippen molar-refractivity contribution in [3.05, 3.63) is 211 Å². The normalized spacial score (nSPS) is 14.3. The fraction of sp³-hybridized carbons (Fsp3) is 0.321. The number of nitrogens with two attached hydrogens (primary N) is 2. The molecule has 3 aliphatic rings. The number of nitrogens with one attached hydrogen (secondary N) is 2. The zero-order chi connectivity index (χ0) is 72.9. The standard InChI is InChI=1S/C28H33N5O3.C23H25N5O.C16H19N3O2.C11H15N3O2/c1-28(2,3)36-27(35)31-24-7-5-21(20-9-11-29-12-10-20)17-23(24)18-25(34)22-6-8-26(30-19-22)33-15-13-32(4)14-16-33;1-27-10-12-28(13-11-27)23-5-3-19(16-26-23)22(29)15-20-14-18(2-4-21(20)24)17-6-8-25-9-7-17;1-16(2,3)21-15(20)19-14-5-4-12(10-13(14)17)11-6-8-18-9-7-11;1-13-4-6-14(7-5-13)10-3-2-9(8-12-10)11(15)16/h5-12,17,19H,13-16,18H2,1-4H3,(H,31,35);2-9,14,16H,10-13,15,24H2,1H3;4-10H,17H2,1-3H3,(H,19,20);2-3,8H,4-7H2,1H3,(H,15,16). The van der Waals surface area contributed by atoms with Crippen LogP contribution in [0.3, 0.4) is 0 Å². The van der Waals surface area contributed by atoms with Gasteiger partial charge in [0.1, 0.15) is 28.7 Å². The Bertz CT molecular complexity index is 4230. The Kier molecular flexibility index (Phi) is 25.9.